The quantitative estimate of drug-likeness (QED) is 0.548. The van der Waals surface area contributed by atoms with Crippen molar-refractivity contribution in [2.45, 2.75) is 46.0 Å². The highest BCUT2D eigenvalue weighted by Crippen LogP contribution is 2.50. The van der Waals surface area contributed by atoms with Gasteiger partial charge in [-0.05, 0) is 55.8 Å². The maximum absolute atomic E-state index is 4.31. The van der Waals surface area contributed by atoms with Gasteiger partial charge in [0, 0.05) is 0 Å². The second kappa shape index (κ2) is 4.15. The fraction of sp³-hybridized carbons (Fsp3) is 0.733. The molecule has 3 atom stereocenters. The highest BCUT2D eigenvalue weighted by molar-refractivity contribution is 5.21. The van der Waals surface area contributed by atoms with Gasteiger partial charge in [0.1, 0.15) is 0 Å². The lowest BCUT2D eigenvalue weighted by Gasteiger charge is -2.30. The predicted octanol–water partition coefficient (Wildman–Crippen LogP) is 4.58. The molecule has 0 heterocycles. The Bertz CT molecular complexity index is 272. The maximum Gasteiger partial charge on any atom is -0.0109 e. The molecule has 15 heavy (non-hydrogen) atoms. The monoisotopic (exact) mass is 204 g/mol. The molecule has 0 spiro atoms. The number of allylic oxidation sites excluding steroid dienone is 2. The van der Waals surface area contributed by atoms with Gasteiger partial charge in [-0.3, -0.25) is 0 Å². The second-order valence-corrected chi connectivity index (χ2v) is 5.79. The lowest BCUT2D eigenvalue weighted by Crippen LogP contribution is -2.23. The van der Waals surface area contributed by atoms with E-state index < -0.39 is 0 Å². The molecule has 0 saturated heterocycles. The van der Waals surface area contributed by atoms with E-state index in [1.165, 1.54) is 43.3 Å². The van der Waals surface area contributed by atoms with Crippen molar-refractivity contribution in [3.63, 3.8) is 0 Å². The molecule has 2 rings (SSSR count). The summed E-state index contributed by atoms with van der Waals surface area (Å²) >= 11 is 0. The Labute approximate surface area is 94.5 Å². The first-order valence-corrected chi connectivity index (χ1v) is 6.46. The van der Waals surface area contributed by atoms with Crippen LogP contribution in [0.1, 0.15) is 46.0 Å². The van der Waals surface area contributed by atoms with Crippen LogP contribution < -0.4 is 0 Å². The van der Waals surface area contributed by atoms with E-state index in [1.807, 2.05) is 0 Å². The summed E-state index contributed by atoms with van der Waals surface area (Å²) in [7, 11) is 0. The third-order valence-corrected chi connectivity index (χ3v) is 4.56. The van der Waals surface area contributed by atoms with Crippen molar-refractivity contribution in [2.75, 3.05) is 0 Å². The van der Waals surface area contributed by atoms with Gasteiger partial charge in [0.2, 0.25) is 0 Å². The highest BCUT2D eigenvalue weighted by atomic mass is 14.4. The number of hydrogen-bond acceptors (Lipinski definition) is 0. The first kappa shape index (κ1) is 11.0. The molecule has 0 aromatic rings. The van der Waals surface area contributed by atoms with Crippen LogP contribution in [0.3, 0.4) is 0 Å². The molecule has 0 aromatic carbocycles. The average Bonchev–Trinajstić information content (AvgIpc) is 2.45. The topological polar surface area (TPSA) is 0 Å². The van der Waals surface area contributed by atoms with Crippen LogP contribution in [0.4, 0.5) is 0 Å². The molecule has 0 heteroatoms. The van der Waals surface area contributed by atoms with Gasteiger partial charge in [-0.15, -0.1) is 0 Å². The molecular weight excluding hydrogens is 180 g/mol. The van der Waals surface area contributed by atoms with Gasteiger partial charge in [0.25, 0.3) is 0 Å². The van der Waals surface area contributed by atoms with Gasteiger partial charge in [-0.1, -0.05) is 38.2 Å². The molecule has 2 aliphatic carbocycles. The molecule has 84 valence electrons. The smallest absolute Gasteiger partial charge is 0.0109 e. The first-order chi connectivity index (χ1) is 7.11. The van der Waals surface area contributed by atoms with Crippen LogP contribution in [0.25, 0.3) is 0 Å². The summed E-state index contributed by atoms with van der Waals surface area (Å²) in [6.07, 6.45) is 6.57. The molecule has 2 aliphatic rings. The first-order valence-electron chi connectivity index (χ1n) is 6.46. The standard InChI is InChI=1S/C15H24/c1-10(2)13-7-5-6-11(3)14-9-8-12(4)15(13)14/h10,13-15H,3-9H2,1-2H3/t13-,14+,15-/m0/s1. The Hall–Kier alpha value is -0.520. The fourth-order valence-electron chi connectivity index (χ4n) is 3.71. The molecule has 0 aliphatic heterocycles. The van der Waals surface area contributed by atoms with E-state index in [2.05, 4.69) is 27.0 Å². The number of fused-ring (bicyclic) bond motifs is 1. The summed E-state index contributed by atoms with van der Waals surface area (Å²) in [6.45, 7) is 13.4. The van der Waals surface area contributed by atoms with Crippen molar-refractivity contribution in [1.82, 2.24) is 0 Å². The Morgan fingerprint density at radius 2 is 1.80 bits per heavy atom. The molecular formula is C15H24. The summed E-state index contributed by atoms with van der Waals surface area (Å²) < 4.78 is 0. The zero-order chi connectivity index (χ0) is 11.0. The van der Waals surface area contributed by atoms with E-state index in [1.54, 1.807) is 0 Å². The third kappa shape index (κ3) is 1.91. The van der Waals surface area contributed by atoms with E-state index in [-0.39, 0.29) is 0 Å². The minimum atomic E-state index is 0.764. The van der Waals surface area contributed by atoms with E-state index in [4.69, 9.17) is 0 Å². The highest BCUT2D eigenvalue weighted by Gasteiger charge is 2.39. The minimum Gasteiger partial charge on any atom is -0.0996 e. The van der Waals surface area contributed by atoms with Gasteiger partial charge < -0.3 is 0 Å². The van der Waals surface area contributed by atoms with Crippen molar-refractivity contribution in [2.24, 2.45) is 23.7 Å². The minimum absolute atomic E-state index is 0.764. The summed E-state index contributed by atoms with van der Waals surface area (Å²) in [5, 5.41) is 0. The zero-order valence-corrected chi connectivity index (χ0v) is 10.3. The normalized spacial score (nSPS) is 36.9. The molecule has 0 N–H and O–H groups in total. The summed E-state index contributed by atoms with van der Waals surface area (Å²) in [5.74, 6) is 3.20. The molecule has 0 aromatic heterocycles. The Morgan fingerprint density at radius 3 is 2.47 bits per heavy atom. The fourth-order valence-corrected chi connectivity index (χ4v) is 3.71. The lowest BCUT2D eigenvalue weighted by atomic mass is 9.74. The van der Waals surface area contributed by atoms with Crippen LogP contribution in [0.2, 0.25) is 0 Å². The van der Waals surface area contributed by atoms with E-state index in [0.29, 0.717) is 0 Å². The van der Waals surface area contributed by atoms with Crippen molar-refractivity contribution in [3.05, 3.63) is 24.3 Å². The second-order valence-electron chi connectivity index (χ2n) is 5.79. The van der Waals surface area contributed by atoms with Crippen LogP contribution in [-0.4, -0.2) is 0 Å². The van der Waals surface area contributed by atoms with Crippen LogP contribution in [0, 0.1) is 23.7 Å². The average molecular weight is 204 g/mol. The van der Waals surface area contributed by atoms with Gasteiger partial charge in [0.15, 0.2) is 0 Å². The summed E-state index contributed by atoms with van der Waals surface area (Å²) in [4.78, 5) is 0. The lowest BCUT2D eigenvalue weighted by molar-refractivity contribution is 0.249. The Morgan fingerprint density at radius 1 is 1.07 bits per heavy atom. The van der Waals surface area contributed by atoms with E-state index in [9.17, 15) is 0 Å². The van der Waals surface area contributed by atoms with Crippen LogP contribution in [0.5, 0.6) is 0 Å². The third-order valence-electron chi connectivity index (χ3n) is 4.56. The van der Waals surface area contributed by atoms with Crippen molar-refractivity contribution < 1.29 is 0 Å². The molecule has 0 unspecified atom stereocenters. The summed E-state index contributed by atoms with van der Waals surface area (Å²) in [5.41, 5.74) is 3.03. The van der Waals surface area contributed by atoms with Gasteiger partial charge >= 0.3 is 0 Å². The van der Waals surface area contributed by atoms with Crippen LogP contribution in [0.15, 0.2) is 24.3 Å². The number of rotatable bonds is 1. The molecule has 0 bridgehead atoms. The molecule has 2 fully saturated rings. The van der Waals surface area contributed by atoms with Gasteiger partial charge in [-0.2, -0.15) is 0 Å². The number of hydrogen-bond donors (Lipinski definition) is 0. The van der Waals surface area contributed by atoms with E-state index in [0.717, 1.165) is 23.7 Å². The van der Waals surface area contributed by atoms with Crippen molar-refractivity contribution >= 4 is 0 Å². The molecule has 2 saturated carbocycles. The van der Waals surface area contributed by atoms with E-state index >= 15 is 0 Å². The largest absolute Gasteiger partial charge is 0.0996 e. The SMILES string of the molecule is C=C1CC[C@@H]2C(=C)CCC[C@@H](C(C)C)[C@H]12. The Kier molecular flexibility index (Phi) is 3.04. The molecule has 0 amide bonds. The Balaban J connectivity index is 2.26. The predicted molar refractivity (Wildman–Crippen MR) is 66.7 cm³/mol. The van der Waals surface area contributed by atoms with Crippen LogP contribution in [-0.2, 0) is 0 Å². The maximum atomic E-state index is 4.31. The van der Waals surface area contributed by atoms with Gasteiger partial charge in [-0.25, -0.2) is 0 Å². The molecule has 0 nitrogen and oxygen atoms in total. The van der Waals surface area contributed by atoms with Gasteiger partial charge in [0.05, 0.1) is 0 Å². The van der Waals surface area contributed by atoms with Crippen LogP contribution >= 0.6 is 0 Å². The zero-order valence-electron chi connectivity index (χ0n) is 10.3. The van der Waals surface area contributed by atoms with Crippen molar-refractivity contribution in [3.8, 4) is 0 Å². The van der Waals surface area contributed by atoms with Crippen molar-refractivity contribution in [1.29, 1.82) is 0 Å². The summed E-state index contributed by atoms with van der Waals surface area (Å²) in [6, 6.07) is 0. The molecule has 0 radical (unpaired) electrons.